The van der Waals surface area contributed by atoms with Crippen LogP contribution in [0, 0.1) is 0 Å². The summed E-state index contributed by atoms with van der Waals surface area (Å²) in [5.41, 5.74) is 5.45. The van der Waals surface area contributed by atoms with Crippen molar-refractivity contribution in [3.8, 4) is 5.75 Å². The summed E-state index contributed by atoms with van der Waals surface area (Å²) >= 11 is 3.61. The molecule has 0 saturated heterocycles. The van der Waals surface area contributed by atoms with Crippen molar-refractivity contribution in [3.05, 3.63) is 64.1 Å². The van der Waals surface area contributed by atoms with E-state index < -0.39 is 0 Å². The van der Waals surface area contributed by atoms with Gasteiger partial charge in [0.15, 0.2) is 0 Å². The molecule has 1 aliphatic rings. The third-order valence-electron chi connectivity index (χ3n) is 4.08. The van der Waals surface area contributed by atoms with Gasteiger partial charge in [0.05, 0.1) is 6.61 Å². The highest BCUT2D eigenvalue weighted by molar-refractivity contribution is 9.10. The Hall–Kier alpha value is -1.36. The number of benzene rings is 2. The lowest BCUT2D eigenvalue weighted by Gasteiger charge is -2.29. The molecular formula is C17H19BrN2O. The smallest absolute Gasteiger partial charge is 0.122 e. The van der Waals surface area contributed by atoms with Gasteiger partial charge in [-0.15, -0.1) is 0 Å². The summed E-state index contributed by atoms with van der Waals surface area (Å²) < 4.78 is 6.83. The summed E-state index contributed by atoms with van der Waals surface area (Å²) in [5.74, 6) is 7.28. The van der Waals surface area contributed by atoms with Crippen molar-refractivity contribution in [3.63, 3.8) is 0 Å². The molecule has 1 aliphatic heterocycles. The summed E-state index contributed by atoms with van der Waals surface area (Å²) in [5, 5.41) is 0. The zero-order valence-electron chi connectivity index (χ0n) is 11.8. The second kappa shape index (κ2) is 6.60. The number of hydrogen-bond donors (Lipinski definition) is 2. The summed E-state index contributed by atoms with van der Waals surface area (Å²) in [6, 6.07) is 16.6. The Morgan fingerprint density at radius 3 is 2.76 bits per heavy atom. The van der Waals surface area contributed by atoms with Crippen LogP contribution in [0.1, 0.15) is 35.9 Å². The van der Waals surface area contributed by atoms with E-state index in [0.29, 0.717) is 5.92 Å². The van der Waals surface area contributed by atoms with E-state index in [1.54, 1.807) is 0 Å². The van der Waals surface area contributed by atoms with Crippen LogP contribution < -0.4 is 16.0 Å². The summed E-state index contributed by atoms with van der Waals surface area (Å²) in [7, 11) is 0. The fourth-order valence-electron chi connectivity index (χ4n) is 2.99. The summed E-state index contributed by atoms with van der Waals surface area (Å²) in [6.07, 6.45) is 1.99. The van der Waals surface area contributed by atoms with E-state index in [2.05, 4.69) is 45.6 Å². The fraction of sp³-hybridized carbons (Fsp3) is 0.294. The van der Waals surface area contributed by atoms with E-state index in [-0.39, 0.29) is 6.04 Å². The predicted octanol–water partition coefficient (Wildman–Crippen LogP) is 3.91. The minimum atomic E-state index is 0.122. The van der Waals surface area contributed by atoms with Crippen molar-refractivity contribution >= 4 is 15.9 Å². The van der Waals surface area contributed by atoms with E-state index in [0.717, 1.165) is 29.7 Å². The largest absolute Gasteiger partial charge is 0.493 e. The molecule has 0 saturated carbocycles. The van der Waals surface area contributed by atoms with Gasteiger partial charge in [0.25, 0.3) is 0 Å². The molecule has 3 nitrogen and oxygen atoms in total. The van der Waals surface area contributed by atoms with Crippen molar-refractivity contribution in [2.24, 2.45) is 5.84 Å². The highest BCUT2D eigenvalue weighted by Crippen LogP contribution is 2.39. The third-order valence-corrected chi connectivity index (χ3v) is 4.81. The van der Waals surface area contributed by atoms with E-state index in [4.69, 9.17) is 10.6 Å². The van der Waals surface area contributed by atoms with E-state index in [1.165, 1.54) is 11.1 Å². The quantitative estimate of drug-likeness (QED) is 0.651. The van der Waals surface area contributed by atoms with Crippen molar-refractivity contribution in [2.75, 3.05) is 6.61 Å². The van der Waals surface area contributed by atoms with Crippen LogP contribution in [0.2, 0.25) is 0 Å². The molecule has 3 N–H and O–H groups in total. The SMILES string of the molecule is NNC(CC1CCOc2ccccc21)c1ccccc1Br. The first-order valence-corrected chi connectivity index (χ1v) is 8.01. The second-order valence-corrected chi connectivity index (χ2v) is 6.20. The molecule has 0 fully saturated rings. The first-order chi connectivity index (χ1) is 10.3. The molecule has 0 bridgehead atoms. The van der Waals surface area contributed by atoms with Crippen LogP contribution in [0.3, 0.4) is 0 Å². The summed E-state index contributed by atoms with van der Waals surface area (Å²) in [6.45, 7) is 0.773. The van der Waals surface area contributed by atoms with Crippen molar-refractivity contribution in [1.29, 1.82) is 0 Å². The molecule has 21 heavy (non-hydrogen) atoms. The normalized spacial score (nSPS) is 18.7. The van der Waals surface area contributed by atoms with Gasteiger partial charge < -0.3 is 4.74 Å². The molecule has 2 atom stereocenters. The maximum absolute atomic E-state index is 5.81. The van der Waals surface area contributed by atoms with E-state index >= 15 is 0 Å². The molecule has 0 aliphatic carbocycles. The van der Waals surface area contributed by atoms with Crippen molar-refractivity contribution in [1.82, 2.24) is 5.43 Å². The zero-order chi connectivity index (χ0) is 14.7. The number of nitrogens with one attached hydrogen (secondary N) is 1. The molecule has 0 amide bonds. The Balaban J connectivity index is 1.84. The minimum absolute atomic E-state index is 0.122. The molecule has 110 valence electrons. The maximum Gasteiger partial charge on any atom is 0.122 e. The molecule has 1 heterocycles. The first-order valence-electron chi connectivity index (χ1n) is 7.22. The van der Waals surface area contributed by atoms with Crippen LogP contribution in [0.5, 0.6) is 5.75 Å². The molecule has 3 rings (SSSR count). The van der Waals surface area contributed by atoms with Gasteiger partial charge in [-0.2, -0.15) is 0 Å². The van der Waals surface area contributed by atoms with E-state index in [1.807, 2.05) is 24.3 Å². The third kappa shape index (κ3) is 3.12. The van der Waals surface area contributed by atoms with Gasteiger partial charge in [0.1, 0.15) is 5.75 Å². The number of halogens is 1. The van der Waals surface area contributed by atoms with Crippen molar-refractivity contribution < 1.29 is 4.74 Å². The van der Waals surface area contributed by atoms with Crippen LogP contribution in [0.15, 0.2) is 53.0 Å². The number of hydrogen-bond acceptors (Lipinski definition) is 3. The lowest BCUT2D eigenvalue weighted by molar-refractivity contribution is 0.255. The number of para-hydroxylation sites is 1. The minimum Gasteiger partial charge on any atom is -0.493 e. The molecule has 0 radical (unpaired) electrons. The molecule has 2 unspecified atom stereocenters. The highest BCUT2D eigenvalue weighted by Gasteiger charge is 2.25. The van der Waals surface area contributed by atoms with Crippen LogP contribution in [0.4, 0.5) is 0 Å². The molecule has 0 spiro atoms. The Labute approximate surface area is 133 Å². The lowest BCUT2D eigenvalue weighted by atomic mass is 9.86. The Kier molecular flexibility index (Phi) is 4.58. The molecule has 0 aromatic heterocycles. The molecule has 2 aromatic carbocycles. The predicted molar refractivity (Wildman–Crippen MR) is 88.1 cm³/mol. The zero-order valence-corrected chi connectivity index (χ0v) is 13.3. The van der Waals surface area contributed by atoms with Gasteiger partial charge in [-0.3, -0.25) is 11.3 Å². The Morgan fingerprint density at radius 2 is 1.95 bits per heavy atom. The monoisotopic (exact) mass is 346 g/mol. The average Bonchev–Trinajstić information content (AvgIpc) is 2.53. The summed E-state index contributed by atoms with van der Waals surface area (Å²) in [4.78, 5) is 0. The van der Waals surface area contributed by atoms with Crippen LogP contribution in [0.25, 0.3) is 0 Å². The van der Waals surface area contributed by atoms with Gasteiger partial charge in [0.2, 0.25) is 0 Å². The Bertz CT molecular complexity index is 617. The number of nitrogens with two attached hydrogens (primary N) is 1. The van der Waals surface area contributed by atoms with Gasteiger partial charge in [0, 0.05) is 10.5 Å². The van der Waals surface area contributed by atoms with Crippen LogP contribution in [-0.2, 0) is 0 Å². The fourth-order valence-corrected chi connectivity index (χ4v) is 3.55. The molecular weight excluding hydrogens is 328 g/mol. The highest BCUT2D eigenvalue weighted by atomic mass is 79.9. The van der Waals surface area contributed by atoms with Gasteiger partial charge in [-0.25, -0.2) is 0 Å². The number of rotatable bonds is 4. The number of hydrazine groups is 1. The van der Waals surface area contributed by atoms with Crippen LogP contribution in [-0.4, -0.2) is 6.61 Å². The number of fused-ring (bicyclic) bond motifs is 1. The van der Waals surface area contributed by atoms with E-state index in [9.17, 15) is 0 Å². The average molecular weight is 347 g/mol. The Morgan fingerprint density at radius 1 is 1.19 bits per heavy atom. The first kappa shape index (κ1) is 14.6. The lowest BCUT2D eigenvalue weighted by Crippen LogP contribution is -2.30. The van der Waals surface area contributed by atoms with Gasteiger partial charge in [-0.1, -0.05) is 52.3 Å². The van der Waals surface area contributed by atoms with Gasteiger partial charge in [-0.05, 0) is 42.0 Å². The second-order valence-electron chi connectivity index (χ2n) is 5.35. The van der Waals surface area contributed by atoms with Gasteiger partial charge >= 0.3 is 0 Å². The van der Waals surface area contributed by atoms with Crippen LogP contribution >= 0.6 is 15.9 Å². The topological polar surface area (TPSA) is 47.3 Å². The molecule has 2 aromatic rings. The van der Waals surface area contributed by atoms with Crippen molar-refractivity contribution in [2.45, 2.75) is 24.8 Å². The maximum atomic E-state index is 5.81. The standard InChI is InChI=1S/C17H19BrN2O/c18-15-7-3-1-6-14(15)16(20-19)11-12-9-10-21-17-8-4-2-5-13(12)17/h1-8,12,16,20H,9-11,19H2. The number of ether oxygens (including phenoxy) is 1. The molecule has 4 heteroatoms.